The lowest BCUT2D eigenvalue weighted by atomic mass is 9.58. The maximum Gasteiger partial charge on any atom is 0.309 e. The molecule has 1 N–H and O–H groups in total. The molecule has 1 saturated carbocycles. The van der Waals surface area contributed by atoms with Crippen LogP contribution in [-0.2, 0) is 23.9 Å². The van der Waals surface area contributed by atoms with Gasteiger partial charge >= 0.3 is 11.9 Å². The molecule has 0 aromatic rings. The Kier molecular flexibility index (Phi) is 4.13. The van der Waals surface area contributed by atoms with Crippen molar-refractivity contribution in [2.45, 2.75) is 83.1 Å². The molecule has 1 aliphatic carbocycles. The first-order valence-corrected chi connectivity index (χ1v) is 11.2. The summed E-state index contributed by atoms with van der Waals surface area (Å²) in [5, 5.41) is 12.3. The van der Waals surface area contributed by atoms with Gasteiger partial charge in [0, 0.05) is 24.8 Å². The van der Waals surface area contributed by atoms with Gasteiger partial charge in [-0.1, -0.05) is 27.2 Å². The average molecular weight is 405 g/mol. The van der Waals surface area contributed by atoms with Crippen molar-refractivity contribution in [2.24, 2.45) is 29.1 Å². The van der Waals surface area contributed by atoms with E-state index in [9.17, 15) is 19.5 Å². The molecule has 0 aromatic carbocycles. The van der Waals surface area contributed by atoms with Crippen molar-refractivity contribution in [2.75, 3.05) is 6.54 Å². The zero-order valence-electron chi connectivity index (χ0n) is 17.4. The predicted octanol–water partition coefficient (Wildman–Crippen LogP) is 1.66. The summed E-state index contributed by atoms with van der Waals surface area (Å²) < 4.78 is 11.4. The van der Waals surface area contributed by atoms with Crippen LogP contribution in [0.25, 0.3) is 0 Å². The Morgan fingerprint density at radius 2 is 1.90 bits per heavy atom. The zero-order chi connectivity index (χ0) is 20.7. The second-order valence-corrected chi connectivity index (χ2v) is 9.97. The van der Waals surface area contributed by atoms with Gasteiger partial charge in [-0.3, -0.25) is 14.4 Å². The summed E-state index contributed by atoms with van der Waals surface area (Å²) in [4.78, 5) is 40.4. The second-order valence-electron chi connectivity index (χ2n) is 9.97. The summed E-state index contributed by atoms with van der Waals surface area (Å²) in [6.45, 7) is 6.31. The third-order valence-corrected chi connectivity index (χ3v) is 8.78. The van der Waals surface area contributed by atoms with Gasteiger partial charge in [0.05, 0.1) is 28.9 Å². The molecule has 0 radical (unpaired) electrons. The number of carbonyl (C=O) groups is 3. The highest BCUT2D eigenvalue weighted by molar-refractivity contribution is 5.89. The van der Waals surface area contributed by atoms with Crippen molar-refractivity contribution in [3.05, 3.63) is 0 Å². The lowest BCUT2D eigenvalue weighted by molar-refractivity contribution is -0.200. The number of cyclic esters (lactones) is 1. The van der Waals surface area contributed by atoms with E-state index in [-0.39, 0.29) is 41.6 Å². The fourth-order valence-corrected chi connectivity index (χ4v) is 7.53. The molecule has 4 aliphatic heterocycles. The average Bonchev–Trinajstić information content (AvgIpc) is 3.19. The third kappa shape index (κ3) is 2.20. The minimum atomic E-state index is -1.31. The number of esters is 2. The highest BCUT2D eigenvalue weighted by Crippen LogP contribution is 2.67. The number of rotatable bonds is 2. The summed E-state index contributed by atoms with van der Waals surface area (Å²) in [5.74, 6) is -1.72. The highest BCUT2D eigenvalue weighted by atomic mass is 16.6. The van der Waals surface area contributed by atoms with Crippen LogP contribution in [0.5, 0.6) is 0 Å². The van der Waals surface area contributed by atoms with Crippen molar-refractivity contribution in [1.29, 1.82) is 0 Å². The Morgan fingerprint density at radius 1 is 1.14 bits per heavy atom. The second kappa shape index (κ2) is 6.19. The van der Waals surface area contributed by atoms with E-state index < -0.39 is 29.1 Å². The summed E-state index contributed by atoms with van der Waals surface area (Å²) in [7, 11) is 0. The van der Waals surface area contributed by atoms with E-state index in [1.165, 1.54) is 0 Å². The molecule has 7 heteroatoms. The maximum atomic E-state index is 14.0. The number of aliphatic hydroxyl groups is 1. The fraction of sp³-hybridized carbons (Fsp3) is 0.864. The lowest BCUT2D eigenvalue weighted by Gasteiger charge is -2.55. The monoisotopic (exact) mass is 405 g/mol. The van der Waals surface area contributed by atoms with Crippen molar-refractivity contribution < 1.29 is 29.0 Å². The lowest BCUT2D eigenvalue weighted by Crippen LogP contribution is -2.69. The van der Waals surface area contributed by atoms with E-state index >= 15 is 0 Å². The molecular formula is C22H31NO6. The number of amides is 1. The first kappa shape index (κ1) is 19.3. The van der Waals surface area contributed by atoms with Gasteiger partial charge in [0.1, 0.15) is 12.2 Å². The van der Waals surface area contributed by atoms with Crippen LogP contribution in [0.3, 0.4) is 0 Å². The Morgan fingerprint density at radius 3 is 2.55 bits per heavy atom. The summed E-state index contributed by atoms with van der Waals surface area (Å²) in [6, 6.07) is -0.341. The molecule has 2 bridgehead atoms. The molecule has 160 valence electrons. The van der Waals surface area contributed by atoms with Crippen LogP contribution in [0, 0.1) is 29.1 Å². The van der Waals surface area contributed by atoms with Crippen LogP contribution in [-0.4, -0.2) is 58.2 Å². The van der Waals surface area contributed by atoms with E-state index in [1.807, 2.05) is 25.7 Å². The third-order valence-electron chi connectivity index (χ3n) is 8.78. The normalized spacial score (nSPS) is 51.4. The molecule has 9 atom stereocenters. The van der Waals surface area contributed by atoms with Crippen LogP contribution >= 0.6 is 0 Å². The Bertz CT molecular complexity index is 768. The largest absolute Gasteiger partial charge is 0.461 e. The van der Waals surface area contributed by atoms with Crippen molar-refractivity contribution in [1.82, 2.24) is 4.90 Å². The maximum absolute atomic E-state index is 14.0. The number of hydrogen-bond donors (Lipinski definition) is 1. The molecule has 4 saturated heterocycles. The van der Waals surface area contributed by atoms with Crippen molar-refractivity contribution in [3.8, 4) is 0 Å². The van der Waals surface area contributed by atoms with E-state index in [4.69, 9.17) is 9.47 Å². The number of piperidine rings is 1. The quantitative estimate of drug-likeness (QED) is 0.703. The molecule has 1 amide bonds. The SMILES string of the molecule is CC[C@H]1[C@@H]2OC(=O)[C@@H](C)[C@@H]2[C@@]2(O)C[C@@H]([C@@H]3C[C@H](C)C(=O)O3)N3CCCC[C@]12C3=O. The topological polar surface area (TPSA) is 93.1 Å². The minimum Gasteiger partial charge on any atom is -0.461 e. The number of fused-ring (bicyclic) bond motifs is 3. The molecule has 1 spiro atoms. The Balaban J connectivity index is 1.63. The van der Waals surface area contributed by atoms with Gasteiger partial charge in [0.15, 0.2) is 0 Å². The summed E-state index contributed by atoms with van der Waals surface area (Å²) >= 11 is 0. The van der Waals surface area contributed by atoms with E-state index in [0.29, 0.717) is 32.2 Å². The van der Waals surface area contributed by atoms with Crippen LogP contribution in [0.15, 0.2) is 0 Å². The number of ether oxygens (including phenoxy) is 2. The van der Waals surface area contributed by atoms with E-state index in [0.717, 1.165) is 12.8 Å². The Labute approximate surface area is 171 Å². The van der Waals surface area contributed by atoms with Crippen LogP contribution in [0.4, 0.5) is 0 Å². The van der Waals surface area contributed by atoms with Gasteiger partial charge < -0.3 is 19.5 Å². The van der Waals surface area contributed by atoms with Gasteiger partial charge in [0.2, 0.25) is 5.91 Å². The van der Waals surface area contributed by atoms with Gasteiger partial charge in [-0.05, 0) is 25.7 Å². The van der Waals surface area contributed by atoms with E-state index in [1.54, 1.807) is 0 Å². The molecule has 7 nitrogen and oxygen atoms in total. The van der Waals surface area contributed by atoms with Crippen LogP contribution in [0.1, 0.15) is 59.3 Å². The van der Waals surface area contributed by atoms with Crippen molar-refractivity contribution in [3.63, 3.8) is 0 Å². The van der Waals surface area contributed by atoms with Gasteiger partial charge in [-0.15, -0.1) is 0 Å². The molecule has 5 fully saturated rings. The minimum absolute atomic E-state index is 0.0196. The fourth-order valence-electron chi connectivity index (χ4n) is 7.53. The summed E-state index contributed by atoms with van der Waals surface area (Å²) in [6.07, 6.45) is 3.14. The number of hydrogen-bond acceptors (Lipinski definition) is 6. The number of carbonyl (C=O) groups excluding carboxylic acids is 3. The molecule has 29 heavy (non-hydrogen) atoms. The van der Waals surface area contributed by atoms with Gasteiger partial charge in [-0.2, -0.15) is 0 Å². The zero-order valence-corrected chi connectivity index (χ0v) is 17.4. The molecule has 5 rings (SSSR count). The highest BCUT2D eigenvalue weighted by Gasteiger charge is 2.78. The molecule has 0 aromatic heterocycles. The standard InChI is InChI=1S/C22H31NO6/c1-4-13-17-16(12(3)19(25)29-17)22(27)10-14(15-9-11(2)18(24)28-15)23-8-6-5-7-21(13,22)20(23)26/h11-17,27H,4-10H2,1-3H3/t11-,12-,13-,14-,15-,16-,17-,21+,22-/m0/s1. The molecular weight excluding hydrogens is 374 g/mol. The smallest absolute Gasteiger partial charge is 0.309 e. The van der Waals surface area contributed by atoms with E-state index in [2.05, 4.69) is 0 Å². The first-order valence-electron chi connectivity index (χ1n) is 11.2. The van der Waals surface area contributed by atoms with Crippen LogP contribution < -0.4 is 0 Å². The van der Waals surface area contributed by atoms with Crippen LogP contribution in [0.2, 0.25) is 0 Å². The summed E-state index contributed by atoms with van der Waals surface area (Å²) in [5.41, 5.74) is -2.22. The number of nitrogens with zero attached hydrogens (tertiary/aromatic N) is 1. The molecule has 5 aliphatic rings. The Hall–Kier alpha value is -1.63. The van der Waals surface area contributed by atoms with Gasteiger partial charge in [0.25, 0.3) is 0 Å². The molecule has 0 unspecified atom stereocenters. The molecule has 4 heterocycles. The van der Waals surface area contributed by atoms with Gasteiger partial charge in [-0.25, -0.2) is 0 Å². The predicted molar refractivity (Wildman–Crippen MR) is 101 cm³/mol. The van der Waals surface area contributed by atoms with Crippen molar-refractivity contribution >= 4 is 17.8 Å². The first-order chi connectivity index (χ1) is 13.8.